The number of allylic oxidation sites excluding steroid dienone is 2. The molecule has 0 unspecified atom stereocenters. The van der Waals surface area contributed by atoms with Crippen molar-refractivity contribution in [3.63, 3.8) is 0 Å². The van der Waals surface area contributed by atoms with E-state index in [1.807, 2.05) is 36.4 Å². The predicted molar refractivity (Wildman–Crippen MR) is 245 cm³/mol. The molecule has 16 heteroatoms. The average Bonchev–Trinajstić information content (AvgIpc) is 3.80. The first-order valence-electron chi connectivity index (χ1n) is 21.7. The normalized spacial score (nSPS) is 22.5. The van der Waals surface area contributed by atoms with Crippen LogP contribution in [0.4, 0.5) is 10.3 Å². The number of ether oxygens (including phenoxy) is 3. The van der Waals surface area contributed by atoms with Crippen LogP contribution in [0, 0.1) is 18.2 Å². The lowest BCUT2D eigenvalue weighted by Gasteiger charge is -2.34. The van der Waals surface area contributed by atoms with Crippen molar-refractivity contribution in [3.05, 3.63) is 112 Å². The molecule has 0 aliphatic carbocycles. The Morgan fingerprint density at radius 3 is 2.56 bits per heavy atom. The van der Waals surface area contributed by atoms with Crippen LogP contribution in [0.5, 0.6) is 11.6 Å². The van der Waals surface area contributed by atoms with Crippen molar-refractivity contribution in [2.24, 2.45) is 0 Å². The Morgan fingerprint density at radius 1 is 1.02 bits per heavy atom. The molecule has 1 N–H and O–H groups in total. The van der Waals surface area contributed by atoms with E-state index >= 15 is 0 Å². The van der Waals surface area contributed by atoms with Crippen molar-refractivity contribution >= 4 is 45.1 Å². The number of likely N-dealkylation sites (N-methyl/N-ethyl adjacent to an activating group) is 1. The molecule has 4 aliphatic rings. The first-order chi connectivity index (χ1) is 31.2. The number of aliphatic carboxylic acids is 1. The van der Waals surface area contributed by atoms with Gasteiger partial charge in [-0.25, -0.2) is 29.1 Å². The van der Waals surface area contributed by atoms with Crippen molar-refractivity contribution in [1.82, 2.24) is 34.6 Å². The number of halogens is 2. The van der Waals surface area contributed by atoms with Gasteiger partial charge in [-0.05, 0) is 78.4 Å². The summed E-state index contributed by atoms with van der Waals surface area (Å²) in [6.07, 6.45) is 14.1. The molecule has 3 fully saturated rings. The van der Waals surface area contributed by atoms with Crippen molar-refractivity contribution in [2.45, 2.75) is 57.0 Å². The van der Waals surface area contributed by atoms with E-state index < -0.39 is 12.1 Å². The maximum Gasteiger partial charge on any atom is 0.345 e. The molecule has 3 saturated heterocycles. The van der Waals surface area contributed by atoms with Crippen molar-refractivity contribution < 1.29 is 28.5 Å². The Kier molecular flexibility index (Phi) is 13.5. The SMILES string of the molecule is C#C/C(Cl)=C1\C=C/Cc2c(-c3ccc(F)cc3)sc3ncnc(c23)O[C@@H](C(=O)O)Cc2cc(ccc2OCc2ccnc(N3[C@@H]4CC[C@H]3COC4)n2)CN(CCN2CCN(C)CC2)C1. The molecule has 4 bridgehead atoms. The lowest BCUT2D eigenvalue weighted by molar-refractivity contribution is -0.145. The van der Waals surface area contributed by atoms with E-state index in [0.717, 1.165) is 79.3 Å². The number of fused-ring (bicyclic) bond motifs is 4. The van der Waals surface area contributed by atoms with Gasteiger partial charge in [0.25, 0.3) is 0 Å². The van der Waals surface area contributed by atoms with E-state index in [9.17, 15) is 14.3 Å². The van der Waals surface area contributed by atoms with Gasteiger partial charge in [-0.2, -0.15) is 0 Å². The number of carbonyl (C=O) groups is 1. The minimum atomic E-state index is -1.35. The summed E-state index contributed by atoms with van der Waals surface area (Å²) in [6.45, 7) is 7.98. The zero-order valence-electron chi connectivity index (χ0n) is 35.7. The van der Waals surface area contributed by atoms with Gasteiger partial charge in [0.2, 0.25) is 17.9 Å². The van der Waals surface area contributed by atoms with Gasteiger partial charge in [-0.15, -0.1) is 17.8 Å². The van der Waals surface area contributed by atoms with Crippen molar-refractivity contribution in [3.8, 4) is 34.4 Å². The molecule has 7 heterocycles. The molecule has 332 valence electrons. The molecular weight excluding hydrogens is 855 g/mol. The fourth-order valence-corrected chi connectivity index (χ4v) is 10.3. The lowest BCUT2D eigenvalue weighted by Crippen LogP contribution is -2.47. The second-order valence-corrected chi connectivity index (χ2v) is 18.2. The summed E-state index contributed by atoms with van der Waals surface area (Å²) in [5.41, 5.74) is 4.67. The van der Waals surface area contributed by atoms with E-state index in [0.29, 0.717) is 70.9 Å². The standard InChI is InChI=1S/C48H50ClFN8O5S/c1-3-40(49)33-5-4-6-39-43-45(52-30-53-46(43)64-44(39)32-8-10-35(50)11-9-32)63-42(47(59)60)24-34-23-31(25-57(26-33)22-21-56-19-17-55(2)18-20-56)7-14-41(34)62-27-36-15-16-51-48(54-36)58-37-12-13-38(58)29-61-28-37/h1,4-5,7-11,14-16,23,30,37-38,42H,6,12-13,17-22,24-29H2,2H3,(H,59,60)/b5-4-,40-33-/t37-,38+,42-/m1/s1. The topological polar surface area (TPSA) is 130 Å². The number of hydrogen-bond donors (Lipinski definition) is 1. The van der Waals surface area contributed by atoms with Crippen LogP contribution < -0.4 is 14.4 Å². The zero-order chi connectivity index (χ0) is 44.2. The van der Waals surface area contributed by atoms with Crippen LogP contribution >= 0.6 is 22.9 Å². The van der Waals surface area contributed by atoms with Crippen molar-refractivity contribution in [1.29, 1.82) is 0 Å². The van der Waals surface area contributed by atoms with Gasteiger partial charge in [0, 0.05) is 69.9 Å². The summed E-state index contributed by atoms with van der Waals surface area (Å²) in [4.78, 5) is 42.7. The molecule has 64 heavy (non-hydrogen) atoms. The summed E-state index contributed by atoms with van der Waals surface area (Å²) < 4.78 is 32.9. The molecule has 0 saturated carbocycles. The van der Waals surface area contributed by atoms with E-state index in [1.165, 1.54) is 29.8 Å². The number of aromatic nitrogens is 4. The van der Waals surface area contributed by atoms with Gasteiger partial charge in [-0.3, -0.25) is 9.80 Å². The molecule has 13 nitrogen and oxygen atoms in total. The molecule has 0 spiro atoms. The number of nitrogens with zero attached hydrogens (tertiary/aromatic N) is 8. The third-order valence-electron chi connectivity index (χ3n) is 12.4. The summed E-state index contributed by atoms with van der Waals surface area (Å²) in [5, 5.41) is 11.7. The minimum absolute atomic E-state index is 0.0320. The number of morpholine rings is 1. The molecular formula is C48H50ClFN8O5S. The highest BCUT2D eigenvalue weighted by Gasteiger charge is 2.39. The lowest BCUT2D eigenvalue weighted by atomic mass is 10.0. The van der Waals surface area contributed by atoms with Crippen LogP contribution in [0.1, 0.15) is 35.2 Å². The second-order valence-electron chi connectivity index (χ2n) is 16.8. The number of rotatable bonds is 9. The second kappa shape index (κ2) is 19.7. The number of carboxylic acid groups (broad SMARTS) is 1. The third kappa shape index (κ3) is 9.92. The first-order valence-corrected chi connectivity index (χ1v) is 22.9. The first kappa shape index (κ1) is 43.8. The zero-order valence-corrected chi connectivity index (χ0v) is 37.2. The summed E-state index contributed by atoms with van der Waals surface area (Å²) >= 11 is 8.24. The Morgan fingerprint density at radius 2 is 1.80 bits per heavy atom. The predicted octanol–water partition coefficient (Wildman–Crippen LogP) is 6.60. The minimum Gasteiger partial charge on any atom is -0.487 e. The maximum atomic E-state index is 14.2. The van der Waals surface area contributed by atoms with E-state index in [1.54, 1.807) is 18.3 Å². The Balaban J connectivity index is 1.09. The Hall–Kier alpha value is -5.47. The molecule has 3 aromatic heterocycles. The molecule has 0 radical (unpaired) electrons. The van der Waals surface area contributed by atoms with E-state index in [2.05, 4.69) is 47.5 Å². The number of terminal acetylenes is 1. The number of benzene rings is 2. The largest absolute Gasteiger partial charge is 0.487 e. The van der Waals surface area contributed by atoms with E-state index in [-0.39, 0.29) is 36.8 Å². The Bertz CT molecular complexity index is 2580. The van der Waals surface area contributed by atoms with Gasteiger partial charge in [0.15, 0.2) is 0 Å². The Labute approximate surface area is 381 Å². The number of carboxylic acids is 1. The molecule has 0 amide bonds. The third-order valence-corrected chi connectivity index (χ3v) is 14.0. The van der Waals surface area contributed by atoms with Crippen LogP contribution in [-0.4, -0.2) is 130 Å². The quantitative estimate of drug-likeness (QED) is 0.160. The number of anilines is 1. The number of hydrogen-bond acceptors (Lipinski definition) is 13. The highest BCUT2D eigenvalue weighted by Crippen LogP contribution is 2.42. The highest BCUT2D eigenvalue weighted by atomic mass is 35.5. The monoisotopic (exact) mass is 904 g/mol. The van der Waals surface area contributed by atoms with Crippen molar-refractivity contribution in [2.75, 3.05) is 71.0 Å². The molecule has 4 aliphatic heterocycles. The van der Waals surface area contributed by atoms with Gasteiger partial charge in [-0.1, -0.05) is 53.9 Å². The van der Waals surface area contributed by atoms with Crippen LogP contribution in [0.3, 0.4) is 0 Å². The fraction of sp³-hybridized carbons (Fsp3) is 0.396. The maximum absolute atomic E-state index is 14.2. The summed E-state index contributed by atoms with van der Waals surface area (Å²) in [6, 6.07) is 14.5. The summed E-state index contributed by atoms with van der Waals surface area (Å²) in [7, 11) is 2.15. The molecule has 9 rings (SSSR count). The molecule has 5 aromatic rings. The van der Waals surface area contributed by atoms with Crippen LogP contribution in [0.2, 0.25) is 0 Å². The number of piperazine rings is 1. The number of thiophene rings is 1. The van der Waals surface area contributed by atoms with E-state index in [4.69, 9.17) is 37.2 Å². The summed E-state index contributed by atoms with van der Waals surface area (Å²) in [5.74, 6) is 2.46. The smallest absolute Gasteiger partial charge is 0.345 e. The van der Waals surface area contributed by atoms with Crippen LogP contribution in [-0.2, 0) is 35.5 Å². The van der Waals surface area contributed by atoms with Crippen LogP contribution in [0.15, 0.2) is 83.8 Å². The van der Waals surface area contributed by atoms with Gasteiger partial charge < -0.3 is 29.1 Å². The molecule has 2 aromatic carbocycles. The highest BCUT2D eigenvalue weighted by molar-refractivity contribution is 7.22. The van der Waals surface area contributed by atoms with Gasteiger partial charge in [0.1, 0.15) is 29.3 Å². The van der Waals surface area contributed by atoms with Gasteiger partial charge >= 0.3 is 5.97 Å². The molecule has 3 atom stereocenters. The average molecular weight is 905 g/mol. The van der Waals surface area contributed by atoms with Gasteiger partial charge in [0.05, 0.1) is 41.4 Å². The fourth-order valence-electron chi connectivity index (χ4n) is 9.00. The van der Waals surface area contributed by atoms with Crippen LogP contribution in [0.25, 0.3) is 20.7 Å².